The second-order valence-corrected chi connectivity index (χ2v) is 7.72. The molecular formula is C23H24O2. The van der Waals surface area contributed by atoms with Gasteiger partial charge in [0.15, 0.2) is 5.60 Å². The van der Waals surface area contributed by atoms with Crippen LogP contribution in [0.5, 0.6) is 5.75 Å². The van der Waals surface area contributed by atoms with Gasteiger partial charge in [-0.05, 0) is 73.7 Å². The lowest BCUT2D eigenvalue weighted by Crippen LogP contribution is -2.47. The van der Waals surface area contributed by atoms with Crippen molar-refractivity contribution in [1.29, 1.82) is 0 Å². The first-order valence-corrected chi connectivity index (χ1v) is 8.77. The van der Waals surface area contributed by atoms with Crippen molar-refractivity contribution in [2.45, 2.75) is 45.8 Å². The monoisotopic (exact) mass is 332 g/mol. The first kappa shape index (κ1) is 16.2. The summed E-state index contributed by atoms with van der Waals surface area (Å²) >= 11 is 0. The Labute approximate surface area is 149 Å². The molecule has 0 bridgehead atoms. The molecule has 1 unspecified atom stereocenters. The van der Waals surface area contributed by atoms with Crippen LogP contribution in [-0.4, -0.2) is 10.7 Å². The summed E-state index contributed by atoms with van der Waals surface area (Å²) in [5.74, 6) is 0.832. The summed E-state index contributed by atoms with van der Waals surface area (Å²) in [5.41, 5.74) is 3.20. The zero-order valence-electron chi connectivity index (χ0n) is 15.5. The Kier molecular flexibility index (Phi) is 3.29. The average Bonchev–Trinajstić information content (AvgIpc) is 2.80. The van der Waals surface area contributed by atoms with Crippen molar-refractivity contribution in [1.82, 2.24) is 0 Å². The normalized spacial score (nSPS) is 21.2. The van der Waals surface area contributed by atoms with E-state index in [1.807, 2.05) is 32.0 Å². The molecule has 3 aromatic rings. The van der Waals surface area contributed by atoms with Gasteiger partial charge in [-0.25, -0.2) is 0 Å². The fourth-order valence-corrected chi connectivity index (χ4v) is 4.16. The van der Waals surface area contributed by atoms with E-state index in [0.29, 0.717) is 0 Å². The maximum Gasteiger partial charge on any atom is 0.157 e. The standard InChI is InChI=1S/C23H24O2/c1-14-12-15(2)20-21(16(14)3)25-22(4,5)23(20,24)19-11-10-17-8-6-7-9-18(17)13-19/h6-13,24H,1-5H3. The third kappa shape index (κ3) is 2.07. The Morgan fingerprint density at radius 1 is 0.840 bits per heavy atom. The van der Waals surface area contributed by atoms with E-state index in [0.717, 1.165) is 33.4 Å². The zero-order valence-corrected chi connectivity index (χ0v) is 15.5. The third-order valence-electron chi connectivity index (χ3n) is 5.74. The highest BCUT2D eigenvalue weighted by Crippen LogP contribution is 2.54. The van der Waals surface area contributed by atoms with Gasteiger partial charge in [0.25, 0.3) is 0 Å². The highest BCUT2D eigenvalue weighted by atomic mass is 16.5. The van der Waals surface area contributed by atoms with Crippen LogP contribution in [0.15, 0.2) is 48.5 Å². The molecule has 4 rings (SSSR count). The summed E-state index contributed by atoms with van der Waals surface area (Å²) in [4.78, 5) is 0. The Bertz CT molecular complexity index is 1000. The van der Waals surface area contributed by atoms with Gasteiger partial charge in [-0.2, -0.15) is 0 Å². The van der Waals surface area contributed by atoms with Crippen LogP contribution in [0.4, 0.5) is 0 Å². The predicted octanol–water partition coefficient (Wildman–Crippen LogP) is 5.17. The van der Waals surface area contributed by atoms with Crippen LogP contribution in [0.3, 0.4) is 0 Å². The maximum absolute atomic E-state index is 12.0. The summed E-state index contributed by atoms with van der Waals surface area (Å²) in [7, 11) is 0. The molecular weight excluding hydrogens is 308 g/mol. The fraction of sp³-hybridized carbons (Fsp3) is 0.304. The van der Waals surface area contributed by atoms with Gasteiger partial charge in [0.1, 0.15) is 11.4 Å². The fourth-order valence-electron chi connectivity index (χ4n) is 4.16. The zero-order chi connectivity index (χ0) is 18.0. The van der Waals surface area contributed by atoms with Crippen molar-refractivity contribution >= 4 is 10.8 Å². The number of hydrogen-bond acceptors (Lipinski definition) is 2. The molecule has 0 fully saturated rings. The Balaban J connectivity index is 2.04. The molecule has 1 aliphatic rings. The molecule has 0 amide bonds. The summed E-state index contributed by atoms with van der Waals surface area (Å²) in [6.07, 6.45) is 0. The minimum Gasteiger partial charge on any atom is -0.483 e. The molecule has 25 heavy (non-hydrogen) atoms. The molecule has 0 radical (unpaired) electrons. The predicted molar refractivity (Wildman–Crippen MR) is 102 cm³/mol. The van der Waals surface area contributed by atoms with Crippen molar-refractivity contribution in [3.63, 3.8) is 0 Å². The third-order valence-corrected chi connectivity index (χ3v) is 5.74. The van der Waals surface area contributed by atoms with Crippen LogP contribution in [0.1, 0.15) is 41.7 Å². The topological polar surface area (TPSA) is 29.5 Å². The second kappa shape index (κ2) is 5.09. The lowest BCUT2D eigenvalue weighted by Gasteiger charge is -2.36. The summed E-state index contributed by atoms with van der Waals surface area (Å²) in [5, 5.41) is 14.3. The van der Waals surface area contributed by atoms with Crippen molar-refractivity contribution in [2.24, 2.45) is 0 Å². The van der Waals surface area contributed by atoms with Crippen molar-refractivity contribution in [2.75, 3.05) is 0 Å². The van der Waals surface area contributed by atoms with E-state index >= 15 is 0 Å². The number of rotatable bonds is 1. The van der Waals surface area contributed by atoms with E-state index in [4.69, 9.17) is 4.74 Å². The number of aliphatic hydroxyl groups is 1. The molecule has 0 aromatic heterocycles. The molecule has 128 valence electrons. The van der Waals surface area contributed by atoms with Crippen LogP contribution in [0.2, 0.25) is 0 Å². The average molecular weight is 332 g/mol. The molecule has 1 N–H and O–H groups in total. The van der Waals surface area contributed by atoms with Crippen molar-refractivity contribution in [3.05, 3.63) is 76.3 Å². The van der Waals surface area contributed by atoms with E-state index in [1.165, 1.54) is 10.9 Å². The molecule has 0 aliphatic carbocycles. The SMILES string of the molecule is Cc1cc(C)c2c(c1C)OC(C)(C)C2(O)c1ccc2ccccc2c1. The van der Waals surface area contributed by atoms with Crippen LogP contribution in [0, 0.1) is 20.8 Å². The van der Waals surface area contributed by atoms with Crippen molar-refractivity contribution in [3.8, 4) is 5.75 Å². The lowest BCUT2D eigenvalue weighted by atomic mass is 9.74. The highest BCUT2D eigenvalue weighted by molar-refractivity contribution is 5.83. The van der Waals surface area contributed by atoms with Gasteiger partial charge in [-0.3, -0.25) is 0 Å². The van der Waals surface area contributed by atoms with Crippen LogP contribution in [-0.2, 0) is 5.60 Å². The number of benzene rings is 3. The molecule has 3 aromatic carbocycles. The van der Waals surface area contributed by atoms with Crippen LogP contribution >= 0.6 is 0 Å². The molecule has 2 nitrogen and oxygen atoms in total. The van der Waals surface area contributed by atoms with Gasteiger partial charge < -0.3 is 9.84 Å². The molecule has 1 atom stereocenters. The van der Waals surface area contributed by atoms with Crippen molar-refractivity contribution < 1.29 is 9.84 Å². The summed E-state index contributed by atoms with van der Waals surface area (Å²) in [6.45, 7) is 10.1. The number of aryl methyl sites for hydroxylation is 2. The number of hydrogen-bond donors (Lipinski definition) is 1. The van der Waals surface area contributed by atoms with Gasteiger partial charge >= 0.3 is 0 Å². The van der Waals surface area contributed by atoms with Gasteiger partial charge in [0.2, 0.25) is 0 Å². The Morgan fingerprint density at radius 3 is 2.24 bits per heavy atom. The number of ether oxygens (including phenoxy) is 1. The highest BCUT2D eigenvalue weighted by Gasteiger charge is 2.56. The Hall–Kier alpha value is -2.32. The van der Waals surface area contributed by atoms with Gasteiger partial charge in [0.05, 0.1) is 0 Å². The summed E-state index contributed by atoms with van der Waals surface area (Å²) < 4.78 is 6.32. The van der Waals surface area contributed by atoms with Gasteiger partial charge in [-0.1, -0.05) is 42.5 Å². The largest absolute Gasteiger partial charge is 0.483 e. The Morgan fingerprint density at radius 2 is 1.52 bits per heavy atom. The summed E-state index contributed by atoms with van der Waals surface area (Å²) in [6, 6.07) is 16.6. The van der Waals surface area contributed by atoms with E-state index in [2.05, 4.69) is 51.1 Å². The lowest BCUT2D eigenvalue weighted by molar-refractivity contribution is -0.0644. The first-order valence-electron chi connectivity index (χ1n) is 8.77. The number of fused-ring (bicyclic) bond motifs is 2. The van der Waals surface area contributed by atoms with E-state index in [9.17, 15) is 5.11 Å². The molecule has 0 saturated heterocycles. The van der Waals surface area contributed by atoms with Gasteiger partial charge in [-0.15, -0.1) is 0 Å². The minimum absolute atomic E-state index is 0.749. The van der Waals surface area contributed by atoms with Crippen LogP contribution < -0.4 is 4.74 Å². The maximum atomic E-state index is 12.0. The van der Waals surface area contributed by atoms with E-state index in [-0.39, 0.29) is 0 Å². The first-order chi connectivity index (χ1) is 11.8. The molecule has 1 aliphatic heterocycles. The smallest absolute Gasteiger partial charge is 0.157 e. The van der Waals surface area contributed by atoms with Gasteiger partial charge in [0, 0.05) is 5.56 Å². The van der Waals surface area contributed by atoms with E-state index < -0.39 is 11.2 Å². The molecule has 2 heteroatoms. The second-order valence-electron chi connectivity index (χ2n) is 7.72. The quantitative estimate of drug-likeness (QED) is 0.666. The molecule has 0 spiro atoms. The van der Waals surface area contributed by atoms with E-state index in [1.54, 1.807) is 0 Å². The molecule has 1 heterocycles. The minimum atomic E-state index is -1.19. The van der Waals surface area contributed by atoms with Crippen LogP contribution in [0.25, 0.3) is 10.8 Å². The molecule has 0 saturated carbocycles.